The van der Waals surface area contributed by atoms with Crippen LogP contribution in [0.5, 0.6) is 0 Å². The summed E-state index contributed by atoms with van der Waals surface area (Å²) in [6.45, 7) is 3.79. The van der Waals surface area contributed by atoms with Crippen molar-refractivity contribution in [2.45, 2.75) is 83.0 Å². The molecule has 8 heteroatoms. The lowest BCUT2D eigenvalue weighted by molar-refractivity contribution is -0.117. The molecular weight excluding hydrogens is 478 g/mol. The summed E-state index contributed by atoms with van der Waals surface area (Å²) in [6, 6.07) is 13.5. The summed E-state index contributed by atoms with van der Waals surface area (Å²) in [5.41, 5.74) is 3.76. The molecule has 1 saturated heterocycles. The topological polar surface area (TPSA) is 99.5 Å². The molecule has 2 aliphatic rings. The summed E-state index contributed by atoms with van der Waals surface area (Å²) in [5, 5.41) is 17.9. The molecule has 0 radical (unpaired) electrons. The Balaban J connectivity index is 1.40. The van der Waals surface area contributed by atoms with Crippen molar-refractivity contribution in [3.8, 4) is 0 Å². The molecular formula is C30H39N5O3. The van der Waals surface area contributed by atoms with Crippen molar-refractivity contribution in [1.82, 2.24) is 20.2 Å². The number of aliphatic hydroxyl groups is 1. The number of hydrogen-bond donors (Lipinski definition) is 3. The largest absolute Gasteiger partial charge is 0.390 e. The predicted molar refractivity (Wildman–Crippen MR) is 149 cm³/mol. The Morgan fingerprint density at radius 2 is 1.92 bits per heavy atom. The minimum atomic E-state index is -0.745. The fourth-order valence-corrected chi connectivity index (χ4v) is 5.78. The van der Waals surface area contributed by atoms with Crippen LogP contribution in [0.4, 0.5) is 5.69 Å². The van der Waals surface area contributed by atoms with Crippen molar-refractivity contribution in [2.24, 2.45) is 0 Å². The first-order valence-corrected chi connectivity index (χ1v) is 14.1. The number of fused-ring (bicyclic) bond motifs is 1. The average Bonchev–Trinajstić information content (AvgIpc) is 3.57. The van der Waals surface area contributed by atoms with Crippen molar-refractivity contribution in [2.75, 3.05) is 18.0 Å². The highest BCUT2D eigenvalue weighted by Crippen LogP contribution is 2.31. The molecule has 3 N–H and O–H groups in total. The van der Waals surface area contributed by atoms with Gasteiger partial charge in [0, 0.05) is 37.7 Å². The van der Waals surface area contributed by atoms with Gasteiger partial charge in [-0.1, -0.05) is 49.6 Å². The van der Waals surface area contributed by atoms with E-state index in [0.717, 1.165) is 35.9 Å². The van der Waals surface area contributed by atoms with E-state index in [2.05, 4.69) is 15.6 Å². The molecule has 202 valence electrons. The lowest BCUT2D eigenvalue weighted by Crippen LogP contribution is -2.50. The summed E-state index contributed by atoms with van der Waals surface area (Å²) in [7, 11) is 0. The van der Waals surface area contributed by atoms with Crippen LogP contribution in [-0.2, 0) is 17.8 Å². The summed E-state index contributed by atoms with van der Waals surface area (Å²) in [6.07, 6.45) is 8.81. The second-order valence-corrected chi connectivity index (χ2v) is 10.6. The Kier molecular flexibility index (Phi) is 8.39. The predicted octanol–water partition coefficient (Wildman–Crippen LogP) is 3.81. The number of carbonyl (C=O) groups is 2. The zero-order valence-corrected chi connectivity index (χ0v) is 22.2. The highest BCUT2D eigenvalue weighted by atomic mass is 16.3. The van der Waals surface area contributed by atoms with E-state index >= 15 is 0 Å². The van der Waals surface area contributed by atoms with E-state index in [1.54, 1.807) is 17.3 Å². The molecule has 2 aromatic carbocycles. The van der Waals surface area contributed by atoms with Gasteiger partial charge in [0.15, 0.2) is 0 Å². The number of aryl methyl sites for hydroxylation is 1. The van der Waals surface area contributed by atoms with E-state index in [9.17, 15) is 14.7 Å². The van der Waals surface area contributed by atoms with Crippen molar-refractivity contribution in [1.29, 1.82) is 0 Å². The standard InChI is InChI=1S/C30H39N5O3/c1-2-34-20-32-29-25(34)17-22(18-26(29)35-15-9-14-28(35)37)30(38)33-24(16-21-10-5-3-6-11-21)27(36)19-31-23-12-7-4-8-13-23/h3,5-6,10-11,17-18,20,23-24,27,31,36H,2,4,7-9,12-16,19H2,1H3,(H,33,38)/t24-,27+/m0/s1. The van der Waals surface area contributed by atoms with Crippen LogP contribution in [0.15, 0.2) is 48.8 Å². The molecule has 5 rings (SSSR count). The maximum atomic E-state index is 13.7. The Morgan fingerprint density at radius 3 is 2.63 bits per heavy atom. The number of anilines is 1. The first-order chi connectivity index (χ1) is 18.5. The number of hydrogen-bond acceptors (Lipinski definition) is 5. The monoisotopic (exact) mass is 517 g/mol. The van der Waals surface area contributed by atoms with Gasteiger partial charge in [-0.3, -0.25) is 9.59 Å². The number of carbonyl (C=O) groups excluding carboxylic acids is 2. The van der Waals surface area contributed by atoms with Crippen LogP contribution in [0.25, 0.3) is 11.0 Å². The van der Waals surface area contributed by atoms with Crippen LogP contribution in [0.2, 0.25) is 0 Å². The third-order valence-electron chi connectivity index (χ3n) is 7.97. The van der Waals surface area contributed by atoms with Crippen molar-refractivity contribution >= 4 is 28.5 Å². The second-order valence-electron chi connectivity index (χ2n) is 10.6. The van der Waals surface area contributed by atoms with E-state index < -0.39 is 12.1 Å². The van der Waals surface area contributed by atoms with Gasteiger partial charge in [0.25, 0.3) is 5.91 Å². The van der Waals surface area contributed by atoms with E-state index in [4.69, 9.17) is 0 Å². The van der Waals surface area contributed by atoms with Crippen molar-refractivity contribution < 1.29 is 14.7 Å². The Bertz CT molecular complexity index is 1250. The highest BCUT2D eigenvalue weighted by molar-refractivity contribution is 6.07. The smallest absolute Gasteiger partial charge is 0.251 e. The molecule has 1 saturated carbocycles. The van der Waals surface area contributed by atoms with Crippen LogP contribution in [0, 0.1) is 0 Å². The van der Waals surface area contributed by atoms with Gasteiger partial charge in [-0.15, -0.1) is 0 Å². The van der Waals surface area contributed by atoms with Crippen molar-refractivity contribution in [3.63, 3.8) is 0 Å². The summed E-state index contributed by atoms with van der Waals surface area (Å²) < 4.78 is 1.99. The zero-order chi connectivity index (χ0) is 26.5. The lowest BCUT2D eigenvalue weighted by atomic mass is 9.95. The molecule has 1 aromatic heterocycles. The normalized spacial score (nSPS) is 18.2. The van der Waals surface area contributed by atoms with Gasteiger partial charge in [0.1, 0.15) is 5.52 Å². The molecule has 0 unspecified atom stereocenters. The molecule has 0 bridgehead atoms. The molecule has 3 aromatic rings. The van der Waals surface area contributed by atoms with Gasteiger partial charge in [-0.2, -0.15) is 0 Å². The maximum absolute atomic E-state index is 13.7. The number of amides is 2. The molecule has 38 heavy (non-hydrogen) atoms. The highest BCUT2D eigenvalue weighted by Gasteiger charge is 2.28. The third-order valence-corrected chi connectivity index (χ3v) is 7.97. The van der Waals surface area contributed by atoms with Gasteiger partial charge in [-0.05, 0) is 50.3 Å². The molecule has 1 aliphatic carbocycles. The minimum Gasteiger partial charge on any atom is -0.390 e. The quantitative estimate of drug-likeness (QED) is 0.380. The van der Waals surface area contributed by atoms with Gasteiger partial charge in [-0.25, -0.2) is 4.98 Å². The zero-order valence-electron chi connectivity index (χ0n) is 22.2. The van der Waals surface area contributed by atoms with Crippen LogP contribution < -0.4 is 15.5 Å². The summed E-state index contributed by atoms with van der Waals surface area (Å²) in [4.78, 5) is 32.6. The second kappa shape index (κ2) is 12.1. The van der Waals surface area contributed by atoms with Gasteiger partial charge in [0.2, 0.25) is 5.91 Å². The van der Waals surface area contributed by atoms with Gasteiger partial charge < -0.3 is 25.2 Å². The first-order valence-electron chi connectivity index (χ1n) is 14.1. The van der Waals surface area contributed by atoms with Gasteiger partial charge in [0.05, 0.1) is 29.7 Å². The average molecular weight is 518 g/mol. The van der Waals surface area contributed by atoms with E-state index in [-0.39, 0.29) is 11.8 Å². The molecule has 2 fully saturated rings. The molecule has 1 aliphatic heterocycles. The summed E-state index contributed by atoms with van der Waals surface area (Å²) in [5.74, 6) is -0.206. The minimum absolute atomic E-state index is 0.0565. The number of imidazole rings is 1. The Hall–Kier alpha value is -3.23. The van der Waals surface area contributed by atoms with Crippen LogP contribution in [0.3, 0.4) is 0 Å². The van der Waals surface area contributed by atoms with Crippen molar-refractivity contribution in [3.05, 3.63) is 59.9 Å². The first kappa shape index (κ1) is 26.4. The van der Waals surface area contributed by atoms with E-state index in [0.29, 0.717) is 49.8 Å². The Labute approximate surface area is 224 Å². The fraction of sp³-hybridized carbons (Fsp3) is 0.500. The fourth-order valence-electron chi connectivity index (χ4n) is 5.78. The number of aromatic nitrogens is 2. The number of aliphatic hydroxyl groups excluding tert-OH is 1. The third kappa shape index (κ3) is 5.92. The molecule has 2 amide bonds. The Morgan fingerprint density at radius 1 is 1.13 bits per heavy atom. The number of benzene rings is 2. The lowest BCUT2D eigenvalue weighted by Gasteiger charge is -2.28. The van der Waals surface area contributed by atoms with E-state index in [1.807, 2.05) is 47.9 Å². The van der Waals surface area contributed by atoms with Crippen LogP contribution in [0.1, 0.15) is 67.8 Å². The number of nitrogens with one attached hydrogen (secondary N) is 2. The maximum Gasteiger partial charge on any atom is 0.251 e. The van der Waals surface area contributed by atoms with E-state index in [1.165, 1.54) is 19.3 Å². The number of nitrogens with zero attached hydrogens (tertiary/aromatic N) is 3. The molecule has 0 spiro atoms. The van der Waals surface area contributed by atoms with Gasteiger partial charge >= 0.3 is 0 Å². The number of rotatable bonds is 10. The summed E-state index contributed by atoms with van der Waals surface area (Å²) >= 11 is 0. The van der Waals surface area contributed by atoms with Crippen LogP contribution in [-0.4, -0.2) is 57.7 Å². The SMILES string of the molecule is CCn1cnc2c(N3CCCC3=O)cc(C(=O)N[C@@H](Cc3ccccc3)[C@H](O)CNC3CCCCC3)cc21. The molecule has 8 nitrogen and oxygen atoms in total. The molecule has 2 heterocycles. The molecule has 2 atom stereocenters. The van der Waals surface area contributed by atoms with Crippen LogP contribution >= 0.6 is 0 Å².